The Hall–Kier alpha value is -1.13. The Balaban J connectivity index is 2.34. The Kier molecular flexibility index (Phi) is 4.59. The normalized spacial score (nSPS) is 25.7. The minimum Gasteiger partial charge on any atom is -0.396 e. The van der Waals surface area contributed by atoms with E-state index in [0.29, 0.717) is 11.4 Å². The van der Waals surface area contributed by atoms with Crippen molar-refractivity contribution in [2.24, 2.45) is 5.41 Å². The smallest absolute Gasteiger partial charge is 0.242 e. The lowest BCUT2D eigenvalue weighted by Crippen LogP contribution is -2.44. The second kappa shape index (κ2) is 5.93. The number of hydrogen-bond acceptors (Lipinski definition) is 4. The average molecular weight is 329 g/mol. The fourth-order valence-corrected chi connectivity index (χ4v) is 4.42. The molecule has 2 N–H and O–H groups in total. The van der Waals surface area contributed by atoms with Gasteiger partial charge in [-0.2, -0.15) is 5.26 Å². The fourth-order valence-electron chi connectivity index (χ4n) is 2.70. The van der Waals surface area contributed by atoms with Gasteiger partial charge in [0.05, 0.1) is 10.5 Å². The quantitative estimate of drug-likeness (QED) is 0.885. The summed E-state index contributed by atoms with van der Waals surface area (Å²) in [7, 11) is -3.83. The van der Waals surface area contributed by atoms with E-state index in [4.69, 9.17) is 16.9 Å². The molecule has 5 nitrogen and oxygen atoms in total. The number of nitrogens with zero attached hydrogens (tertiary/aromatic N) is 1. The number of nitrogens with one attached hydrogen (secondary N) is 1. The lowest BCUT2D eigenvalue weighted by molar-refractivity contribution is 0.127. The Morgan fingerprint density at radius 3 is 2.90 bits per heavy atom. The van der Waals surface area contributed by atoms with E-state index in [9.17, 15) is 13.5 Å². The number of sulfonamides is 1. The molecule has 21 heavy (non-hydrogen) atoms. The van der Waals surface area contributed by atoms with Gasteiger partial charge in [0.2, 0.25) is 10.0 Å². The first-order valence-electron chi connectivity index (χ1n) is 6.65. The number of hydrogen-bond donors (Lipinski definition) is 2. The zero-order valence-corrected chi connectivity index (χ0v) is 13.2. The summed E-state index contributed by atoms with van der Waals surface area (Å²) in [6, 6.07) is 5.61. The largest absolute Gasteiger partial charge is 0.396 e. The monoisotopic (exact) mass is 328 g/mol. The van der Waals surface area contributed by atoms with Crippen LogP contribution in [0.5, 0.6) is 0 Å². The van der Waals surface area contributed by atoms with Gasteiger partial charge in [-0.25, -0.2) is 13.1 Å². The maximum absolute atomic E-state index is 12.5. The SMILES string of the molecule is CC1(CO)CCCC1NS(=O)(=O)c1ccc(Cl)cc1C#N. The predicted molar refractivity (Wildman–Crippen MR) is 79.3 cm³/mol. The zero-order valence-electron chi connectivity index (χ0n) is 11.6. The third kappa shape index (κ3) is 3.22. The molecule has 2 atom stereocenters. The Bertz CT molecular complexity index is 684. The molecule has 0 saturated heterocycles. The van der Waals surface area contributed by atoms with Gasteiger partial charge in [-0.1, -0.05) is 24.9 Å². The molecule has 1 aliphatic rings. The highest BCUT2D eigenvalue weighted by atomic mass is 35.5. The summed E-state index contributed by atoms with van der Waals surface area (Å²) in [4.78, 5) is -0.0819. The van der Waals surface area contributed by atoms with Crippen LogP contribution in [0.25, 0.3) is 0 Å². The molecule has 0 amide bonds. The number of nitriles is 1. The van der Waals surface area contributed by atoms with Crippen LogP contribution in [-0.2, 0) is 10.0 Å². The van der Waals surface area contributed by atoms with Crippen molar-refractivity contribution >= 4 is 21.6 Å². The Morgan fingerprint density at radius 1 is 1.57 bits per heavy atom. The third-order valence-electron chi connectivity index (χ3n) is 4.09. The molecule has 2 rings (SSSR count). The van der Waals surface area contributed by atoms with Gasteiger partial charge in [0.25, 0.3) is 0 Å². The molecule has 1 fully saturated rings. The van der Waals surface area contributed by atoms with Crippen molar-refractivity contribution in [1.82, 2.24) is 4.72 Å². The van der Waals surface area contributed by atoms with Crippen LogP contribution in [0, 0.1) is 16.7 Å². The van der Waals surface area contributed by atoms with Gasteiger partial charge in [0, 0.05) is 23.1 Å². The molecule has 114 valence electrons. The summed E-state index contributed by atoms with van der Waals surface area (Å²) in [6.07, 6.45) is 2.30. The second-order valence-corrected chi connectivity index (χ2v) is 7.75. The predicted octanol–water partition coefficient (Wildman–Crippen LogP) is 2.04. The summed E-state index contributed by atoms with van der Waals surface area (Å²) in [5.74, 6) is 0. The molecule has 0 spiro atoms. The second-order valence-electron chi connectivity index (χ2n) is 5.63. The summed E-state index contributed by atoms with van der Waals surface area (Å²) in [5.41, 5.74) is -0.453. The van der Waals surface area contributed by atoms with E-state index < -0.39 is 15.4 Å². The summed E-state index contributed by atoms with van der Waals surface area (Å²) >= 11 is 5.78. The number of aliphatic hydroxyl groups is 1. The van der Waals surface area contributed by atoms with Crippen molar-refractivity contribution < 1.29 is 13.5 Å². The van der Waals surface area contributed by atoms with Crippen LogP contribution in [0.15, 0.2) is 23.1 Å². The molecule has 1 saturated carbocycles. The first kappa shape index (κ1) is 16.2. The van der Waals surface area contributed by atoms with Crippen LogP contribution in [0.1, 0.15) is 31.7 Å². The van der Waals surface area contributed by atoms with Crippen LogP contribution >= 0.6 is 11.6 Å². The van der Waals surface area contributed by atoms with E-state index in [0.717, 1.165) is 12.8 Å². The zero-order chi connectivity index (χ0) is 15.7. The molecule has 1 aromatic carbocycles. The highest BCUT2D eigenvalue weighted by molar-refractivity contribution is 7.89. The van der Waals surface area contributed by atoms with Gasteiger partial charge < -0.3 is 5.11 Å². The van der Waals surface area contributed by atoms with Crippen molar-refractivity contribution in [2.45, 2.75) is 37.1 Å². The fraction of sp³-hybridized carbons (Fsp3) is 0.500. The maximum atomic E-state index is 12.5. The van der Waals surface area contributed by atoms with E-state index in [2.05, 4.69) is 4.72 Å². The molecule has 7 heteroatoms. The number of rotatable bonds is 4. The number of benzene rings is 1. The highest BCUT2D eigenvalue weighted by Gasteiger charge is 2.40. The lowest BCUT2D eigenvalue weighted by Gasteiger charge is -2.29. The molecule has 2 unspecified atom stereocenters. The van der Waals surface area contributed by atoms with Crippen molar-refractivity contribution in [1.29, 1.82) is 5.26 Å². The van der Waals surface area contributed by atoms with Crippen LogP contribution in [0.3, 0.4) is 0 Å². The van der Waals surface area contributed by atoms with Crippen molar-refractivity contribution in [3.8, 4) is 6.07 Å². The van der Waals surface area contributed by atoms with Crippen LogP contribution in [0.4, 0.5) is 0 Å². The molecular formula is C14H17ClN2O3S. The topological polar surface area (TPSA) is 90.2 Å². The maximum Gasteiger partial charge on any atom is 0.242 e. The van der Waals surface area contributed by atoms with Crippen molar-refractivity contribution in [3.63, 3.8) is 0 Å². The molecular weight excluding hydrogens is 312 g/mol. The van der Waals surface area contributed by atoms with Gasteiger partial charge >= 0.3 is 0 Å². The van der Waals surface area contributed by atoms with Crippen LogP contribution in [0.2, 0.25) is 5.02 Å². The molecule has 1 aliphatic carbocycles. The Morgan fingerprint density at radius 2 is 2.29 bits per heavy atom. The Labute approximate surface area is 129 Å². The highest BCUT2D eigenvalue weighted by Crippen LogP contribution is 2.38. The standard InChI is InChI=1S/C14H17ClN2O3S/c1-14(9-18)6-2-3-13(14)17-21(19,20)12-5-4-11(15)7-10(12)8-16/h4-5,7,13,17-18H,2-3,6,9H2,1H3. The first-order chi connectivity index (χ1) is 9.82. The van der Waals surface area contributed by atoms with Crippen molar-refractivity contribution in [2.75, 3.05) is 6.61 Å². The van der Waals surface area contributed by atoms with Crippen LogP contribution < -0.4 is 4.72 Å². The van der Waals surface area contributed by atoms with Gasteiger partial charge in [0.1, 0.15) is 6.07 Å². The molecule has 0 radical (unpaired) electrons. The van der Waals surface area contributed by atoms with Crippen LogP contribution in [-0.4, -0.2) is 26.2 Å². The third-order valence-corrected chi connectivity index (χ3v) is 5.86. The number of aliphatic hydroxyl groups excluding tert-OH is 1. The van der Waals surface area contributed by atoms with Gasteiger partial charge in [0.15, 0.2) is 0 Å². The van der Waals surface area contributed by atoms with E-state index in [1.807, 2.05) is 13.0 Å². The molecule has 0 aliphatic heterocycles. The molecule has 0 aromatic heterocycles. The van der Waals surface area contributed by atoms with E-state index in [1.165, 1.54) is 18.2 Å². The van der Waals surface area contributed by atoms with Gasteiger partial charge in [-0.15, -0.1) is 0 Å². The van der Waals surface area contributed by atoms with E-state index in [-0.39, 0.29) is 23.1 Å². The minimum atomic E-state index is -3.83. The van der Waals surface area contributed by atoms with Crippen molar-refractivity contribution in [3.05, 3.63) is 28.8 Å². The molecule has 0 bridgehead atoms. The minimum absolute atomic E-state index is 0.0127. The summed E-state index contributed by atoms with van der Waals surface area (Å²) in [5, 5.41) is 18.9. The lowest BCUT2D eigenvalue weighted by atomic mass is 9.86. The van der Waals surface area contributed by atoms with E-state index in [1.54, 1.807) is 0 Å². The summed E-state index contributed by atoms with van der Waals surface area (Å²) in [6.45, 7) is 1.78. The van der Waals surface area contributed by atoms with E-state index >= 15 is 0 Å². The molecule has 0 heterocycles. The van der Waals surface area contributed by atoms with Gasteiger partial charge in [-0.3, -0.25) is 0 Å². The average Bonchev–Trinajstić information content (AvgIpc) is 2.79. The number of halogens is 1. The van der Waals surface area contributed by atoms with Gasteiger partial charge in [-0.05, 0) is 31.0 Å². The first-order valence-corrected chi connectivity index (χ1v) is 8.51. The summed E-state index contributed by atoms with van der Waals surface area (Å²) < 4.78 is 27.6. The molecule has 1 aromatic rings.